The van der Waals surface area contributed by atoms with Gasteiger partial charge in [0.1, 0.15) is 23.2 Å². The fraction of sp³-hybridized carbons (Fsp3) is 0.655. The van der Waals surface area contributed by atoms with Gasteiger partial charge in [0.05, 0.1) is 17.6 Å². The van der Waals surface area contributed by atoms with Gasteiger partial charge in [-0.05, 0) is 73.3 Å². The van der Waals surface area contributed by atoms with Crippen molar-refractivity contribution in [3.05, 3.63) is 35.6 Å². The van der Waals surface area contributed by atoms with Gasteiger partial charge >= 0.3 is 0 Å². The lowest BCUT2D eigenvalue weighted by molar-refractivity contribution is -0.145. The van der Waals surface area contributed by atoms with Gasteiger partial charge in [-0.3, -0.25) is 19.2 Å². The van der Waals surface area contributed by atoms with Gasteiger partial charge in [-0.1, -0.05) is 32.4 Å². The van der Waals surface area contributed by atoms with Crippen molar-refractivity contribution < 1.29 is 34.5 Å². The fourth-order valence-corrected chi connectivity index (χ4v) is 8.22. The maximum absolute atomic E-state index is 13.6. The first-order chi connectivity index (χ1) is 18.1. The molecular formula is C29H38N2O7. The van der Waals surface area contributed by atoms with Gasteiger partial charge in [0.2, 0.25) is 5.91 Å². The number of amides is 2. The summed E-state index contributed by atoms with van der Waals surface area (Å²) in [5.74, 6) is -2.71. The van der Waals surface area contributed by atoms with Gasteiger partial charge in [0.25, 0.3) is 5.91 Å². The fourth-order valence-electron chi connectivity index (χ4n) is 8.22. The number of rotatable bonds is 1. The van der Waals surface area contributed by atoms with Gasteiger partial charge in [0, 0.05) is 13.0 Å². The quantitative estimate of drug-likeness (QED) is 0.325. The Morgan fingerprint density at radius 2 is 1.87 bits per heavy atom. The average molecular weight is 527 g/mol. The summed E-state index contributed by atoms with van der Waals surface area (Å²) in [4.78, 5) is 51.3. The molecule has 9 nitrogen and oxygen atoms in total. The van der Waals surface area contributed by atoms with Crippen molar-refractivity contribution in [2.24, 2.45) is 41.4 Å². The largest absolute Gasteiger partial charge is 0.507 e. The smallest absolute Gasteiger partial charge is 0.259 e. The molecule has 0 spiro atoms. The average Bonchev–Trinajstić information content (AvgIpc) is 3.43. The number of ketones is 2. The second-order valence-corrected chi connectivity index (χ2v) is 11.9. The summed E-state index contributed by atoms with van der Waals surface area (Å²) >= 11 is 0. The Morgan fingerprint density at radius 3 is 2.61 bits per heavy atom. The predicted octanol–water partition coefficient (Wildman–Crippen LogP) is 1.50. The highest BCUT2D eigenvalue weighted by Gasteiger charge is 2.66. The van der Waals surface area contributed by atoms with E-state index >= 15 is 0 Å². The van der Waals surface area contributed by atoms with Crippen molar-refractivity contribution in [1.82, 2.24) is 10.6 Å². The molecule has 3 aliphatic carbocycles. The minimum atomic E-state index is -1.22. The second kappa shape index (κ2) is 10.1. The van der Waals surface area contributed by atoms with Crippen LogP contribution in [0.25, 0.3) is 0 Å². The van der Waals surface area contributed by atoms with Crippen LogP contribution in [0.4, 0.5) is 0 Å². The number of nitrogens with one attached hydrogen (secondary N) is 2. The third kappa shape index (κ3) is 4.24. The van der Waals surface area contributed by atoms with Crippen LogP contribution in [0.5, 0.6) is 0 Å². The van der Waals surface area contributed by atoms with Crippen molar-refractivity contribution in [3.63, 3.8) is 0 Å². The van der Waals surface area contributed by atoms with Gasteiger partial charge < -0.3 is 26.0 Å². The van der Waals surface area contributed by atoms with Crippen molar-refractivity contribution >= 4 is 23.4 Å². The van der Waals surface area contributed by atoms with E-state index in [9.17, 15) is 34.5 Å². The number of allylic oxidation sites excluding steroid dienone is 3. The van der Waals surface area contributed by atoms with Gasteiger partial charge in [0.15, 0.2) is 5.78 Å². The van der Waals surface area contributed by atoms with Crippen LogP contribution in [0.3, 0.4) is 0 Å². The molecule has 0 unspecified atom stereocenters. The topological polar surface area (TPSA) is 153 Å². The standard InChI is InChI=1S/C29H38N2O7/c1-3-15-11-17-13-19-18-5-4-6-23(35)30-10-9-21(33)26-27(36)24(28(37)31-26)20(32)8-7-16(18)12-22(34)25(19)29(17,38)14(15)2/h4,6-8,14-19,21,25-26,32-33,38H,3,5,9-13H2,1-2H3,(H,30,35)(H,31,37)/t14-,15-,16+,17+,18-,19+,21-,25-,26-,29-/m0/s1. The molecule has 4 fully saturated rings. The van der Waals surface area contributed by atoms with Crippen LogP contribution in [0.2, 0.25) is 0 Å². The molecule has 206 valence electrons. The zero-order valence-corrected chi connectivity index (χ0v) is 21.9. The minimum absolute atomic E-state index is 0.00986. The van der Waals surface area contributed by atoms with Crippen LogP contribution in [-0.2, 0) is 19.2 Å². The third-order valence-corrected chi connectivity index (χ3v) is 10.2. The number of aliphatic hydroxyl groups excluding tert-OH is 2. The van der Waals surface area contributed by atoms with Gasteiger partial charge in [-0.2, -0.15) is 0 Å². The SMILES string of the molecule is CC[C@H]1C[C@@H]2C[C@@H]3[C@H]4CC=CC(=O)NCC[C@H](O)[C@@H]5NC(=O)C(=C(O)C=C[C@@H]4CC(=O)[C@H]3[C@]2(O)[C@H]1C)C5=O. The molecule has 3 saturated carbocycles. The Hall–Kier alpha value is -2.78. The molecular weight excluding hydrogens is 488 g/mol. The first-order valence-electron chi connectivity index (χ1n) is 13.9. The third-order valence-electron chi connectivity index (χ3n) is 10.2. The Labute approximate surface area is 222 Å². The number of aliphatic hydroxyl groups is 3. The molecule has 1 saturated heterocycles. The summed E-state index contributed by atoms with van der Waals surface area (Å²) in [6.07, 6.45) is 8.34. The lowest BCUT2D eigenvalue weighted by atomic mass is 9.61. The van der Waals surface area contributed by atoms with Crippen LogP contribution in [0, 0.1) is 41.4 Å². The molecule has 5 rings (SSSR count). The van der Waals surface area contributed by atoms with E-state index in [1.807, 2.05) is 0 Å². The van der Waals surface area contributed by atoms with Crippen molar-refractivity contribution in [2.75, 3.05) is 6.54 Å². The van der Waals surface area contributed by atoms with E-state index in [1.54, 1.807) is 12.2 Å². The van der Waals surface area contributed by atoms with Crippen LogP contribution in [0.15, 0.2) is 35.6 Å². The van der Waals surface area contributed by atoms with E-state index in [0.29, 0.717) is 12.3 Å². The zero-order valence-electron chi connectivity index (χ0n) is 21.9. The van der Waals surface area contributed by atoms with E-state index in [0.717, 1.165) is 19.3 Å². The monoisotopic (exact) mass is 526 g/mol. The first-order valence-corrected chi connectivity index (χ1v) is 13.9. The van der Waals surface area contributed by atoms with Crippen LogP contribution >= 0.6 is 0 Å². The maximum Gasteiger partial charge on any atom is 0.259 e. The summed E-state index contributed by atoms with van der Waals surface area (Å²) in [6.45, 7) is 4.30. The molecule has 2 bridgehead atoms. The van der Waals surface area contributed by atoms with Crippen LogP contribution in [0.1, 0.15) is 52.4 Å². The van der Waals surface area contributed by atoms with Crippen molar-refractivity contribution in [1.29, 1.82) is 0 Å². The molecule has 5 N–H and O–H groups in total. The number of carbonyl (C=O) groups excluding carboxylic acids is 4. The highest BCUT2D eigenvalue weighted by atomic mass is 16.3. The lowest BCUT2D eigenvalue weighted by Crippen LogP contribution is -2.51. The van der Waals surface area contributed by atoms with E-state index in [-0.39, 0.29) is 60.7 Å². The normalized spacial score (nSPS) is 43.5. The zero-order chi connectivity index (χ0) is 27.4. The summed E-state index contributed by atoms with van der Waals surface area (Å²) < 4.78 is 0. The van der Waals surface area contributed by atoms with E-state index < -0.39 is 46.7 Å². The molecule has 2 aliphatic heterocycles. The predicted molar refractivity (Wildman–Crippen MR) is 137 cm³/mol. The Kier molecular flexibility index (Phi) is 7.11. The summed E-state index contributed by atoms with van der Waals surface area (Å²) in [6, 6.07) is -1.20. The molecule has 10 atom stereocenters. The Balaban J connectivity index is 1.50. The molecule has 2 heterocycles. The number of fused-ring (bicyclic) bond motifs is 7. The molecule has 5 aliphatic rings. The Morgan fingerprint density at radius 1 is 1.11 bits per heavy atom. The number of hydrogen-bond donors (Lipinski definition) is 5. The molecule has 0 radical (unpaired) electrons. The van der Waals surface area contributed by atoms with Crippen LogP contribution in [-0.4, -0.2) is 63.0 Å². The van der Waals surface area contributed by atoms with Crippen molar-refractivity contribution in [3.8, 4) is 0 Å². The second-order valence-electron chi connectivity index (χ2n) is 11.9. The number of Topliss-reactive ketones (excluding diaryl/α,β-unsaturated/α-hetero) is 2. The molecule has 0 aromatic heterocycles. The van der Waals surface area contributed by atoms with E-state index in [1.165, 1.54) is 12.2 Å². The highest BCUT2D eigenvalue weighted by molar-refractivity contribution is 6.27. The molecule has 9 heteroatoms. The summed E-state index contributed by atoms with van der Waals surface area (Å²) in [7, 11) is 0. The Bertz CT molecular complexity index is 1130. The van der Waals surface area contributed by atoms with Gasteiger partial charge in [-0.25, -0.2) is 0 Å². The summed E-state index contributed by atoms with van der Waals surface area (Å²) in [5.41, 5.74) is -1.44. The number of carbonyl (C=O) groups is 4. The van der Waals surface area contributed by atoms with E-state index in [4.69, 9.17) is 0 Å². The first kappa shape index (κ1) is 26.8. The van der Waals surface area contributed by atoms with Crippen LogP contribution < -0.4 is 10.6 Å². The van der Waals surface area contributed by atoms with Crippen molar-refractivity contribution in [2.45, 2.75) is 70.1 Å². The molecule has 0 aromatic carbocycles. The summed E-state index contributed by atoms with van der Waals surface area (Å²) in [5, 5.41) is 38.2. The molecule has 2 amide bonds. The lowest BCUT2D eigenvalue weighted by Gasteiger charge is -2.44. The molecule has 38 heavy (non-hydrogen) atoms. The van der Waals surface area contributed by atoms with Gasteiger partial charge in [-0.15, -0.1) is 0 Å². The highest BCUT2D eigenvalue weighted by Crippen LogP contribution is 2.63. The van der Waals surface area contributed by atoms with E-state index in [2.05, 4.69) is 24.5 Å². The number of hydrogen-bond acceptors (Lipinski definition) is 7. The maximum atomic E-state index is 13.6. The minimum Gasteiger partial charge on any atom is -0.507 e. The molecule has 0 aromatic rings.